The lowest BCUT2D eigenvalue weighted by atomic mass is 9.98. The van der Waals surface area contributed by atoms with Gasteiger partial charge in [0, 0.05) is 6.20 Å². The van der Waals surface area contributed by atoms with E-state index in [1.54, 1.807) is 32.1 Å². The highest BCUT2D eigenvalue weighted by molar-refractivity contribution is 6.31. The highest BCUT2D eigenvalue weighted by Gasteiger charge is 2.33. The molecule has 0 spiro atoms. The van der Waals surface area contributed by atoms with Gasteiger partial charge in [-0.3, -0.25) is 4.98 Å². The highest BCUT2D eigenvalue weighted by Crippen LogP contribution is 2.34. The fourth-order valence-corrected chi connectivity index (χ4v) is 2.62. The van der Waals surface area contributed by atoms with E-state index in [1.165, 1.54) is 13.2 Å². The van der Waals surface area contributed by atoms with Gasteiger partial charge in [-0.15, -0.1) is 0 Å². The summed E-state index contributed by atoms with van der Waals surface area (Å²) in [5.74, 6) is -0.448. The standard InChI is InChI=1S/C18H15ClF3NO2/c1-10-6-12(17(24)25-3)7-11(2)14(10)5-4-13-8-15(18(20,21)22)16(19)9-23-13/h4-9H,1-3H3/b5-4+. The lowest BCUT2D eigenvalue weighted by Crippen LogP contribution is -2.06. The molecule has 0 radical (unpaired) electrons. The van der Waals surface area contributed by atoms with Crippen molar-refractivity contribution < 1.29 is 22.7 Å². The molecule has 0 saturated carbocycles. The van der Waals surface area contributed by atoms with Crippen LogP contribution in [0.1, 0.15) is 38.3 Å². The van der Waals surface area contributed by atoms with Crippen LogP contribution < -0.4 is 0 Å². The molecule has 132 valence electrons. The second-order valence-corrected chi connectivity index (χ2v) is 5.84. The average Bonchev–Trinajstić information content (AvgIpc) is 2.53. The van der Waals surface area contributed by atoms with Crippen molar-refractivity contribution in [1.82, 2.24) is 4.98 Å². The van der Waals surface area contributed by atoms with Crippen molar-refractivity contribution in [1.29, 1.82) is 0 Å². The number of aryl methyl sites for hydroxylation is 2. The van der Waals surface area contributed by atoms with Gasteiger partial charge < -0.3 is 4.74 Å². The van der Waals surface area contributed by atoms with Crippen LogP contribution in [0.3, 0.4) is 0 Å². The molecular formula is C18H15ClF3NO2. The summed E-state index contributed by atoms with van der Waals surface area (Å²) in [5, 5.41) is -0.445. The first-order valence-electron chi connectivity index (χ1n) is 7.24. The number of alkyl halides is 3. The molecule has 0 aliphatic carbocycles. The van der Waals surface area contributed by atoms with Crippen molar-refractivity contribution in [3.8, 4) is 0 Å². The average molecular weight is 370 g/mol. The van der Waals surface area contributed by atoms with Crippen LogP contribution in [-0.4, -0.2) is 18.1 Å². The zero-order valence-electron chi connectivity index (χ0n) is 13.7. The third kappa shape index (κ3) is 4.39. The number of benzene rings is 1. The van der Waals surface area contributed by atoms with E-state index >= 15 is 0 Å². The Balaban J connectivity index is 2.39. The Morgan fingerprint density at radius 3 is 2.28 bits per heavy atom. The van der Waals surface area contributed by atoms with Crippen molar-refractivity contribution >= 4 is 29.7 Å². The van der Waals surface area contributed by atoms with Gasteiger partial charge >= 0.3 is 12.1 Å². The molecule has 0 saturated heterocycles. The summed E-state index contributed by atoms with van der Waals surface area (Å²) in [5.41, 5.74) is 1.99. The molecule has 0 aliphatic rings. The third-order valence-electron chi connectivity index (χ3n) is 3.62. The molecule has 0 atom stereocenters. The molecule has 0 aliphatic heterocycles. The molecule has 25 heavy (non-hydrogen) atoms. The van der Waals surface area contributed by atoms with Crippen LogP contribution in [0.2, 0.25) is 5.02 Å². The van der Waals surface area contributed by atoms with Gasteiger partial charge in [-0.05, 0) is 54.8 Å². The molecular weight excluding hydrogens is 355 g/mol. The molecule has 7 heteroatoms. The van der Waals surface area contributed by atoms with E-state index in [2.05, 4.69) is 9.72 Å². The van der Waals surface area contributed by atoms with Gasteiger partial charge in [0.2, 0.25) is 0 Å². The van der Waals surface area contributed by atoms with Gasteiger partial charge in [0.1, 0.15) is 0 Å². The largest absolute Gasteiger partial charge is 0.465 e. The molecule has 2 rings (SSSR count). The molecule has 0 fully saturated rings. The summed E-state index contributed by atoms with van der Waals surface area (Å²) < 4.78 is 43.4. The van der Waals surface area contributed by atoms with Gasteiger partial charge in [-0.2, -0.15) is 13.2 Å². The second kappa shape index (κ2) is 7.27. The quantitative estimate of drug-likeness (QED) is 0.687. The van der Waals surface area contributed by atoms with Crippen LogP contribution in [0.25, 0.3) is 12.2 Å². The van der Waals surface area contributed by atoms with E-state index in [0.717, 1.165) is 29.0 Å². The van der Waals surface area contributed by atoms with E-state index in [4.69, 9.17) is 11.6 Å². The lowest BCUT2D eigenvalue weighted by Gasteiger charge is -2.10. The first-order valence-corrected chi connectivity index (χ1v) is 7.61. The Bertz CT molecular complexity index is 822. The molecule has 1 heterocycles. The van der Waals surface area contributed by atoms with Crippen molar-refractivity contribution in [2.45, 2.75) is 20.0 Å². The fraction of sp³-hybridized carbons (Fsp3) is 0.222. The molecule has 0 N–H and O–H groups in total. The van der Waals surface area contributed by atoms with Crippen molar-refractivity contribution in [3.05, 3.63) is 62.9 Å². The normalized spacial score (nSPS) is 11.8. The van der Waals surface area contributed by atoms with Gasteiger partial charge in [-0.1, -0.05) is 17.7 Å². The zero-order chi connectivity index (χ0) is 18.8. The van der Waals surface area contributed by atoms with Crippen molar-refractivity contribution in [3.63, 3.8) is 0 Å². The molecule has 0 unspecified atom stereocenters. The van der Waals surface area contributed by atoms with Crippen LogP contribution in [0.4, 0.5) is 13.2 Å². The number of ether oxygens (including phenoxy) is 1. The van der Waals surface area contributed by atoms with Crippen molar-refractivity contribution in [2.75, 3.05) is 7.11 Å². The van der Waals surface area contributed by atoms with E-state index in [0.29, 0.717) is 5.56 Å². The molecule has 2 aromatic rings. The smallest absolute Gasteiger partial charge is 0.417 e. The number of aromatic nitrogens is 1. The number of rotatable bonds is 3. The number of carbonyl (C=O) groups excluding carboxylic acids is 1. The number of halogens is 4. The molecule has 0 amide bonds. The predicted molar refractivity (Wildman–Crippen MR) is 90.4 cm³/mol. The summed E-state index contributed by atoms with van der Waals surface area (Å²) in [6.07, 6.45) is -0.443. The number of esters is 1. The van der Waals surface area contributed by atoms with E-state index < -0.39 is 22.7 Å². The van der Waals surface area contributed by atoms with Gasteiger partial charge in [0.25, 0.3) is 0 Å². The maximum atomic E-state index is 12.9. The van der Waals surface area contributed by atoms with Gasteiger partial charge in [-0.25, -0.2) is 4.79 Å². The van der Waals surface area contributed by atoms with Crippen LogP contribution in [0, 0.1) is 13.8 Å². The molecule has 0 bridgehead atoms. The minimum atomic E-state index is -4.55. The topological polar surface area (TPSA) is 39.2 Å². The Morgan fingerprint density at radius 2 is 1.76 bits per heavy atom. The first-order chi connectivity index (χ1) is 11.6. The minimum absolute atomic E-state index is 0.132. The molecule has 3 nitrogen and oxygen atoms in total. The van der Waals surface area contributed by atoms with E-state index in [9.17, 15) is 18.0 Å². The van der Waals surface area contributed by atoms with Crippen LogP contribution in [-0.2, 0) is 10.9 Å². The van der Waals surface area contributed by atoms with Crippen LogP contribution >= 0.6 is 11.6 Å². The monoisotopic (exact) mass is 369 g/mol. The summed E-state index contributed by atoms with van der Waals surface area (Å²) in [6, 6.07) is 4.22. The third-order valence-corrected chi connectivity index (χ3v) is 3.92. The number of pyridine rings is 1. The summed E-state index contributed by atoms with van der Waals surface area (Å²) >= 11 is 5.56. The second-order valence-electron chi connectivity index (χ2n) is 5.44. The fourth-order valence-electron chi connectivity index (χ4n) is 2.41. The van der Waals surface area contributed by atoms with Crippen molar-refractivity contribution in [2.24, 2.45) is 0 Å². The number of methoxy groups -OCH3 is 1. The van der Waals surface area contributed by atoms with Crippen LogP contribution in [0.15, 0.2) is 24.4 Å². The van der Waals surface area contributed by atoms with E-state index in [1.807, 2.05) is 0 Å². The maximum absolute atomic E-state index is 12.9. The first kappa shape index (κ1) is 19.0. The zero-order valence-corrected chi connectivity index (χ0v) is 14.5. The Morgan fingerprint density at radius 1 is 1.16 bits per heavy atom. The number of hydrogen-bond acceptors (Lipinski definition) is 3. The SMILES string of the molecule is COC(=O)c1cc(C)c(/C=C/c2cc(C(F)(F)F)c(Cl)cn2)c(C)c1. The Hall–Kier alpha value is -2.34. The number of nitrogens with zero attached hydrogens (tertiary/aromatic N) is 1. The summed E-state index contributed by atoms with van der Waals surface area (Å²) in [6.45, 7) is 3.60. The molecule has 1 aromatic heterocycles. The summed E-state index contributed by atoms with van der Waals surface area (Å²) in [7, 11) is 1.30. The lowest BCUT2D eigenvalue weighted by molar-refractivity contribution is -0.137. The highest BCUT2D eigenvalue weighted by atomic mass is 35.5. The Labute approximate surface area is 148 Å². The minimum Gasteiger partial charge on any atom is -0.465 e. The maximum Gasteiger partial charge on any atom is 0.417 e. The van der Waals surface area contributed by atoms with Gasteiger partial charge in [0.15, 0.2) is 0 Å². The van der Waals surface area contributed by atoms with Gasteiger partial charge in [0.05, 0.1) is 29.0 Å². The Kier molecular flexibility index (Phi) is 5.52. The van der Waals surface area contributed by atoms with E-state index in [-0.39, 0.29) is 5.69 Å². The number of hydrogen-bond donors (Lipinski definition) is 0. The predicted octanol–water partition coefficient (Wildman–Crippen LogP) is 5.33. The van der Waals surface area contributed by atoms with Crippen LogP contribution in [0.5, 0.6) is 0 Å². The number of carbonyl (C=O) groups is 1. The summed E-state index contributed by atoms with van der Waals surface area (Å²) in [4.78, 5) is 15.5. The molecule has 1 aromatic carbocycles.